The first-order valence-electron chi connectivity index (χ1n) is 28.0. The zero-order valence-corrected chi connectivity index (χ0v) is 50.5. The normalized spacial score (nSPS) is 12.2. The molecule has 0 saturated carbocycles. The second-order valence-corrected chi connectivity index (χ2v) is 22.6. The highest BCUT2D eigenvalue weighted by atomic mass is 16.5. The minimum atomic E-state index is -0.953. The maximum atomic E-state index is 14.0. The van der Waals surface area contributed by atoms with E-state index in [1.54, 1.807) is 22.9 Å². The van der Waals surface area contributed by atoms with Crippen LogP contribution in [0.15, 0.2) is 131 Å². The van der Waals surface area contributed by atoms with Crippen molar-refractivity contribution in [1.82, 2.24) is 18.9 Å². The Kier molecular flexibility index (Phi) is 32.4. The predicted octanol–water partition coefficient (Wildman–Crippen LogP) is 13.2. The van der Waals surface area contributed by atoms with Crippen LogP contribution in [0.4, 0.5) is 0 Å². The fourth-order valence-electron chi connectivity index (χ4n) is 9.98. The van der Waals surface area contributed by atoms with E-state index < -0.39 is 18.1 Å². The molecule has 0 radical (unpaired) electrons. The van der Waals surface area contributed by atoms with Gasteiger partial charge in [-0.3, -0.25) is 24.0 Å². The summed E-state index contributed by atoms with van der Waals surface area (Å²) in [6, 6.07) is 33.6. The molecule has 0 aliphatic rings. The van der Waals surface area contributed by atoms with Crippen LogP contribution in [0.25, 0.3) is 22.3 Å². The highest BCUT2D eigenvalue weighted by molar-refractivity contribution is 5.84. The van der Waals surface area contributed by atoms with Gasteiger partial charge in [-0.15, -0.1) is 0 Å². The molecule has 460 valence electrons. The van der Waals surface area contributed by atoms with Gasteiger partial charge in [0.1, 0.15) is 6.04 Å². The fraction of sp³-hybridized carbons (Fsp3) is 0.457. The third kappa shape index (κ3) is 23.1. The summed E-state index contributed by atoms with van der Waals surface area (Å²) in [7, 11) is 10.7. The average Bonchev–Trinajstić information content (AvgIpc) is 3.42. The smallest absolute Gasteiger partial charge is 0.326 e. The van der Waals surface area contributed by atoms with E-state index in [4.69, 9.17) is 10.5 Å². The first kappa shape index (κ1) is 74.8. The number of Topliss-reactive ketones (excluding diaryl/α,β-unsaturated/α-hetero) is 1. The number of aryl methyl sites for hydroxylation is 4. The number of carbonyl (C=O) groups excluding carboxylic acids is 3. The number of pyridine rings is 2. The number of aliphatic carboxylic acids is 1. The molecule has 2 heterocycles. The third-order valence-corrected chi connectivity index (χ3v) is 14.3. The number of ketones is 1. The molecule has 14 nitrogen and oxygen atoms in total. The molecule has 6 aromatic rings. The summed E-state index contributed by atoms with van der Waals surface area (Å²) >= 11 is 0. The van der Waals surface area contributed by atoms with E-state index in [2.05, 4.69) is 111 Å². The van der Waals surface area contributed by atoms with E-state index in [0.29, 0.717) is 12.8 Å². The molecule has 14 heteroatoms. The summed E-state index contributed by atoms with van der Waals surface area (Å²) in [5.74, 6) is -1.60. The number of benzene rings is 4. The van der Waals surface area contributed by atoms with E-state index in [9.17, 15) is 33.9 Å². The van der Waals surface area contributed by atoms with Crippen LogP contribution in [-0.4, -0.2) is 103 Å². The zero-order chi connectivity index (χ0) is 60.1. The number of likely N-dealkylation sites (N-methyl/N-ethyl adjacent to an activating group) is 2. The van der Waals surface area contributed by atoms with Crippen molar-refractivity contribution in [3.8, 4) is 22.3 Å². The standard InChI is InChI=1S/C34H44N2O4.C18H21NO2.C15H24N2O3.3CH4/c1-23(2)18-30(36-22-26(14-15-32(36)38)16-17-35(5)6)31(37)20-29(21-33(39)40-7)27-12-9-13-28(19-27)34-24(3)10-8-11-25(34)4;1-12-6-4-7-13(2)18(12)15-9-5-8-14(10-15)16(19)11-17(20)21-3;1-11(2)9-13(15(19)20)17-10-12(5-6-14(17)18)7-8-16(3)4;;;/h8-15,19,22-23,29-30H,16-18,20-21H2,1-7H3;4-10,16H,11,19H2,1-3H3;5-6,10-11,13H,7-9H2,1-4H3,(H,19,20);3*1H4/t29-,30?;16-;;;;/m00..../s1. The second kappa shape index (κ2) is 36.4. The number of carboxylic acids is 1. The molecule has 2 unspecified atom stereocenters. The van der Waals surface area contributed by atoms with Gasteiger partial charge in [0.2, 0.25) is 0 Å². The number of carbonyl (C=O) groups is 4. The number of hydrogen-bond donors (Lipinski definition) is 2. The van der Waals surface area contributed by atoms with Crippen molar-refractivity contribution in [3.63, 3.8) is 0 Å². The lowest BCUT2D eigenvalue weighted by atomic mass is 9.85. The van der Waals surface area contributed by atoms with Crippen LogP contribution in [0, 0.1) is 39.5 Å². The minimum Gasteiger partial charge on any atom is -0.480 e. The zero-order valence-electron chi connectivity index (χ0n) is 50.5. The Morgan fingerprint density at radius 1 is 0.536 bits per heavy atom. The van der Waals surface area contributed by atoms with Gasteiger partial charge in [0, 0.05) is 56.0 Å². The fourth-order valence-corrected chi connectivity index (χ4v) is 9.98. The Balaban J connectivity index is 0.000000679. The van der Waals surface area contributed by atoms with Crippen molar-refractivity contribution in [2.45, 2.75) is 147 Å². The van der Waals surface area contributed by atoms with Crippen molar-refractivity contribution in [1.29, 1.82) is 0 Å². The second-order valence-electron chi connectivity index (χ2n) is 22.6. The number of ether oxygens (including phenoxy) is 2. The Bertz CT molecular complexity index is 3110. The Labute approximate surface area is 503 Å². The quantitative estimate of drug-likeness (QED) is 0.0548. The van der Waals surface area contributed by atoms with Gasteiger partial charge in [-0.05, 0) is 166 Å². The predicted molar refractivity (Wildman–Crippen MR) is 346 cm³/mol. The number of nitrogens with zero attached hydrogens (tertiary/aromatic N) is 4. The van der Waals surface area contributed by atoms with Gasteiger partial charge in [0.25, 0.3) is 11.1 Å². The maximum Gasteiger partial charge on any atom is 0.326 e. The Hall–Kier alpha value is -7.26. The van der Waals surface area contributed by atoms with Gasteiger partial charge in [-0.1, -0.05) is 141 Å². The number of nitrogens with two attached hydrogens (primary N) is 1. The van der Waals surface area contributed by atoms with E-state index in [-0.39, 0.29) is 94.2 Å². The molecule has 0 saturated heterocycles. The van der Waals surface area contributed by atoms with Crippen LogP contribution < -0.4 is 16.9 Å². The number of rotatable bonds is 24. The van der Waals surface area contributed by atoms with Gasteiger partial charge >= 0.3 is 17.9 Å². The third-order valence-electron chi connectivity index (χ3n) is 14.3. The van der Waals surface area contributed by atoms with Crippen molar-refractivity contribution < 1.29 is 33.8 Å². The monoisotopic (exact) mass is 1160 g/mol. The highest BCUT2D eigenvalue weighted by Gasteiger charge is 2.29. The molecular formula is C70H101N5O9. The molecule has 4 atom stereocenters. The van der Waals surface area contributed by atoms with Crippen molar-refractivity contribution in [3.05, 3.63) is 187 Å². The number of aromatic nitrogens is 2. The molecule has 0 bridgehead atoms. The SMILES string of the molecule is C.C.C.CC(C)CC(C(=O)O)n1cc(CCN(C)C)ccc1=O.COC(=O)C[C@H](CC(=O)C(CC(C)C)n1cc(CCN(C)C)ccc1=O)c1cccc(-c2c(C)cccc2C)c1.COC(=O)C[C@H](N)c1cccc(-c2c(C)cccc2C)c1. The molecule has 2 aromatic heterocycles. The van der Waals surface area contributed by atoms with Crippen molar-refractivity contribution in [2.24, 2.45) is 17.6 Å². The molecule has 0 spiro atoms. The Morgan fingerprint density at radius 2 is 0.917 bits per heavy atom. The molecule has 4 aromatic carbocycles. The number of carboxylic acid groups (broad SMARTS) is 1. The van der Waals surface area contributed by atoms with E-state index in [0.717, 1.165) is 64.9 Å². The number of methoxy groups -OCH3 is 2. The lowest BCUT2D eigenvalue weighted by molar-refractivity contribution is -0.142. The molecule has 84 heavy (non-hydrogen) atoms. The largest absolute Gasteiger partial charge is 0.480 e. The summed E-state index contributed by atoms with van der Waals surface area (Å²) in [4.78, 5) is 78.3. The summed E-state index contributed by atoms with van der Waals surface area (Å²) in [5.41, 5.74) is 18.9. The molecular weight excluding hydrogens is 1050 g/mol. The van der Waals surface area contributed by atoms with Gasteiger partial charge in [0.15, 0.2) is 5.78 Å². The summed E-state index contributed by atoms with van der Waals surface area (Å²) in [6.07, 6.45) is 6.51. The van der Waals surface area contributed by atoms with Gasteiger partial charge in [0.05, 0.1) is 33.1 Å². The lowest BCUT2D eigenvalue weighted by Crippen LogP contribution is -2.32. The van der Waals surface area contributed by atoms with Crippen LogP contribution in [-0.2, 0) is 41.5 Å². The van der Waals surface area contributed by atoms with Crippen LogP contribution in [0.3, 0.4) is 0 Å². The van der Waals surface area contributed by atoms with E-state index in [1.165, 1.54) is 52.7 Å². The van der Waals surface area contributed by atoms with E-state index >= 15 is 0 Å². The topological polar surface area (TPSA) is 183 Å². The van der Waals surface area contributed by atoms with Crippen molar-refractivity contribution >= 4 is 23.7 Å². The lowest BCUT2D eigenvalue weighted by Gasteiger charge is -2.24. The highest BCUT2D eigenvalue weighted by Crippen LogP contribution is 2.34. The first-order valence-corrected chi connectivity index (χ1v) is 28.0. The van der Waals surface area contributed by atoms with E-state index in [1.807, 2.05) is 84.6 Å². The average molecular weight is 1160 g/mol. The molecule has 0 aliphatic carbocycles. The van der Waals surface area contributed by atoms with Gasteiger partial charge < -0.3 is 39.2 Å². The van der Waals surface area contributed by atoms with Crippen LogP contribution in [0.1, 0.15) is 151 Å². The molecule has 0 fully saturated rings. The molecule has 6 rings (SSSR count). The minimum absolute atomic E-state index is 0. The van der Waals surface area contributed by atoms with Crippen LogP contribution in [0.5, 0.6) is 0 Å². The summed E-state index contributed by atoms with van der Waals surface area (Å²) in [5, 5.41) is 9.34. The number of esters is 2. The van der Waals surface area contributed by atoms with Gasteiger partial charge in [-0.25, -0.2) is 4.79 Å². The molecule has 3 N–H and O–H groups in total. The Morgan fingerprint density at radius 3 is 1.32 bits per heavy atom. The first-order chi connectivity index (χ1) is 38.3. The van der Waals surface area contributed by atoms with Gasteiger partial charge in [-0.2, -0.15) is 0 Å². The van der Waals surface area contributed by atoms with Crippen LogP contribution in [0.2, 0.25) is 0 Å². The van der Waals surface area contributed by atoms with Crippen LogP contribution >= 0.6 is 0 Å². The van der Waals surface area contributed by atoms with Crippen molar-refractivity contribution in [2.75, 3.05) is 55.5 Å². The maximum absolute atomic E-state index is 14.0. The summed E-state index contributed by atoms with van der Waals surface area (Å²) in [6.45, 7) is 18.1. The number of hydrogen-bond acceptors (Lipinski definition) is 11. The summed E-state index contributed by atoms with van der Waals surface area (Å²) < 4.78 is 12.7. The molecule has 0 amide bonds. The molecule has 0 aliphatic heterocycles.